The molecule has 0 bridgehead atoms. The maximum absolute atomic E-state index is 12.5. The maximum atomic E-state index is 12.5. The van der Waals surface area contributed by atoms with E-state index < -0.39 is 20.5 Å². The Kier molecular flexibility index (Phi) is 7.12. The van der Waals surface area contributed by atoms with Gasteiger partial charge in [0.25, 0.3) is 0 Å². The van der Waals surface area contributed by atoms with Crippen molar-refractivity contribution in [1.82, 2.24) is 10.2 Å². The highest BCUT2D eigenvalue weighted by Crippen LogP contribution is 2.19. The van der Waals surface area contributed by atoms with Gasteiger partial charge in [0.05, 0.1) is 11.3 Å². The van der Waals surface area contributed by atoms with Crippen molar-refractivity contribution in [2.24, 2.45) is 0 Å². The SMILES string of the molecule is CC1NCCN(C(=O)Cc2ccc(S(=O)(=O)C(F)F)cc2)C1C.Cl. The Labute approximate surface area is 146 Å². The fraction of sp³-hybridized carbons (Fsp3) is 0.533. The van der Waals surface area contributed by atoms with Crippen LogP contribution in [0.15, 0.2) is 29.2 Å². The molecule has 1 amide bonds. The van der Waals surface area contributed by atoms with Crippen LogP contribution >= 0.6 is 12.4 Å². The third-order valence-electron chi connectivity index (χ3n) is 4.20. The van der Waals surface area contributed by atoms with Crippen molar-refractivity contribution < 1.29 is 22.0 Å². The second-order valence-corrected chi connectivity index (χ2v) is 7.61. The van der Waals surface area contributed by atoms with Gasteiger partial charge in [-0.1, -0.05) is 12.1 Å². The normalized spacial score (nSPS) is 21.5. The van der Waals surface area contributed by atoms with Gasteiger partial charge in [0.1, 0.15) is 0 Å². The van der Waals surface area contributed by atoms with Crippen LogP contribution in [-0.2, 0) is 21.1 Å². The van der Waals surface area contributed by atoms with E-state index in [1.807, 2.05) is 13.8 Å². The van der Waals surface area contributed by atoms with E-state index in [1.54, 1.807) is 4.90 Å². The standard InChI is InChI=1S/C15H20F2N2O3S.ClH/c1-10-11(2)19(8-7-18-10)14(20)9-12-3-5-13(6-4-12)23(21,22)15(16)17;/h3-6,10-11,15,18H,7-9H2,1-2H3;1H. The van der Waals surface area contributed by atoms with Gasteiger partial charge >= 0.3 is 5.76 Å². The number of rotatable bonds is 4. The summed E-state index contributed by atoms with van der Waals surface area (Å²) in [5.74, 6) is -3.51. The number of piperazine rings is 1. The smallest absolute Gasteiger partial charge is 0.337 e. The van der Waals surface area contributed by atoms with Gasteiger partial charge in [-0.3, -0.25) is 4.79 Å². The van der Waals surface area contributed by atoms with Crippen LogP contribution in [-0.4, -0.2) is 50.2 Å². The van der Waals surface area contributed by atoms with Crippen LogP contribution in [0.3, 0.4) is 0 Å². The van der Waals surface area contributed by atoms with Crippen LogP contribution in [0.4, 0.5) is 8.78 Å². The molecule has 1 heterocycles. The molecular formula is C15H21ClF2N2O3S. The molecule has 0 radical (unpaired) electrons. The fourth-order valence-corrected chi connectivity index (χ4v) is 3.31. The van der Waals surface area contributed by atoms with E-state index in [4.69, 9.17) is 0 Å². The van der Waals surface area contributed by atoms with Gasteiger partial charge in [-0.25, -0.2) is 8.42 Å². The summed E-state index contributed by atoms with van der Waals surface area (Å²) in [4.78, 5) is 13.7. The number of carbonyl (C=O) groups is 1. The van der Waals surface area contributed by atoms with E-state index in [0.717, 1.165) is 18.7 Å². The van der Waals surface area contributed by atoms with Crippen LogP contribution in [0.5, 0.6) is 0 Å². The van der Waals surface area contributed by atoms with E-state index in [2.05, 4.69) is 5.32 Å². The molecule has 2 atom stereocenters. The number of alkyl halides is 2. The van der Waals surface area contributed by atoms with Gasteiger partial charge in [-0.2, -0.15) is 8.78 Å². The molecule has 0 spiro atoms. The molecule has 1 N–H and O–H groups in total. The number of benzene rings is 1. The first kappa shape index (κ1) is 20.8. The fourth-order valence-electron chi connectivity index (χ4n) is 2.58. The van der Waals surface area contributed by atoms with Gasteiger partial charge in [0, 0.05) is 25.2 Å². The topological polar surface area (TPSA) is 66.5 Å². The molecule has 2 rings (SSSR count). The van der Waals surface area contributed by atoms with Crippen molar-refractivity contribution in [3.63, 3.8) is 0 Å². The highest BCUT2D eigenvalue weighted by atomic mass is 35.5. The Morgan fingerprint density at radius 2 is 1.88 bits per heavy atom. The van der Waals surface area contributed by atoms with Crippen molar-refractivity contribution in [3.05, 3.63) is 29.8 Å². The minimum Gasteiger partial charge on any atom is -0.337 e. The number of sulfone groups is 1. The lowest BCUT2D eigenvalue weighted by atomic mass is 10.1. The molecule has 1 aliphatic heterocycles. The number of halogens is 3. The molecule has 5 nitrogen and oxygen atoms in total. The Morgan fingerprint density at radius 3 is 2.42 bits per heavy atom. The third-order valence-corrected chi connectivity index (χ3v) is 5.59. The summed E-state index contributed by atoms with van der Waals surface area (Å²) in [6.07, 6.45) is 0.117. The lowest BCUT2D eigenvalue weighted by Gasteiger charge is -2.38. The van der Waals surface area contributed by atoms with E-state index in [-0.39, 0.29) is 36.8 Å². The summed E-state index contributed by atoms with van der Waals surface area (Å²) in [7, 11) is -4.60. The molecule has 24 heavy (non-hydrogen) atoms. The summed E-state index contributed by atoms with van der Waals surface area (Å²) in [5, 5.41) is 3.28. The molecular weight excluding hydrogens is 362 g/mol. The largest absolute Gasteiger partial charge is 0.341 e. The van der Waals surface area contributed by atoms with Gasteiger partial charge in [-0.05, 0) is 31.5 Å². The van der Waals surface area contributed by atoms with Crippen LogP contribution < -0.4 is 5.32 Å². The third kappa shape index (κ3) is 4.43. The molecule has 1 saturated heterocycles. The van der Waals surface area contributed by atoms with Gasteiger partial charge in [0.15, 0.2) is 0 Å². The Bertz CT molecular complexity index is 668. The van der Waals surface area contributed by atoms with Gasteiger partial charge in [0.2, 0.25) is 15.7 Å². The number of nitrogens with one attached hydrogen (secondary N) is 1. The lowest BCUT2D eigenvalue weighted by molar-refractivity contribution is -0.134. The molecule has 1 fully saturated rings. The van der Waals surface area contributed by atoms with Crippen molar-refractivity contribution in [2.75, 3.05) is 13.1 Å². The monoisotopic (exact) mass is 382 g/mol. The maximum Gasteiger partial charge on any atom is 0.341 e. The Balaban J connectivity index is 0.00000288. The summed E-state index contributed by atoms with van der Waals surface area (Å²) >= 11 is 0. The van der Waals surface area contributed by atoms with Gasteiger partial charge in [-0.15, -0.1) is 12.4 Å². The summed E-state index contributed by atoms with van der Waals surface area (Å²) in [5.41, 5.74) is 0.599. The van der Waals surface area contributed by atoms with Crippen LogP contribution in [0.25, 0.3) is 0 Å². The minimum absolute atomic E-state index is 0. The lowest BCUT2D eigenvalue weighted by Crippen LogP contribution is -2.57. The predicted molar refractivity (Wildman–Crippen MR) is 89.2 cm³/mol. The zero-order valence-electron chi connectivity index (χ0n) is 13.4. The van der Waals surface area contributed by atoms with Crippen molar-refractivity contribution in [3.8, 4) is 0 Å². The molecule has 9 heteroatoms. The predicted octanol–water partition coefficient (Wildman–Crippen LogP) is 1.86. The number of amides is 1. The summed E-state index contributed by atoms with van der Waals surface area (Å²) < 4.78 is 47.7. The molecule has 136 valence electrons. The Hall–Kier alpha value is -1.25. The van der Waals surface area contributed by atoms with E-state index in [9.17, 15) is 22.0 Å². The number of carbonyl (C=O) groups excluding carboxylic acids is 1. The van der Waals surface area contributed by atoms with Crippen molar-refractivity contribution in [2.45, 2.75) is 43.0 Å². The molecule has 1 aromatic carbocycles. The average molecular weight is 383 g/mol. The number of hydrogen-bond donors (Lipinski definition) is 1. The first-order valence-electron chi connectivity index (χ1n) is 7.37. The van der Waals surface area contributed by atoms with Gasteiger partial charge < -0.3 is 10.2 Å². The van der Waals surface area contributed by atoms with E-state index in [1.165, 1.54) is 12.1 Å². The number of hydrogen-bond acceptors (Lipinski definition) is 4. The summed E-state index contributed by atoms with van der Waals surface area (Å²) in [6.45, 7) is 5.31. The molecule has 0 aliphatic carbocycles. The van der Waals surface area contributed by atoms with Crippen LogP contribution in [0.2, 0.25) is 0 Å². The van der Waals surface area contributed by atoms with Crippen LogP contribution in [0, 0.1) is 0 Å². The summed E-state index contributed by atoms with van der Waals surface area (Å²) in [6, 6.07) is 5.32. The van der Waals surface area contributed by atoms with Crippen molar-refractivity contribution >= 4 is 28.2 Å². The molecule has 1 aromatic rings. The van der Waals surface area contributed by atoms with E-state index in [0.29, 0.717) is 12.1 Å². The zero-order valence-corrected chi connectivity index (χ0v) is 15.0. The molecule has 0 aromatic heterocycles. The highest BCUT2D eigenvalue weighted by molar-refractivity contribution is 7.91. The van der Waals surface area contributed by atoms with Crippen molar-refractivity contribution in [1.29, 1.82) is 0 Å². The Morgan fingerprint density at radius 1 is 1.29 bits per heavy atom. The van der Waals surface area contributed by atoms with Crippen LogP contribution in [0.1, 0.15) is 19.4 Å². The molecule has 0 saturated carbocycles. The number of nitrogens with zero attached hydrogens (tertiary/aromatic N) is 1. The average Bonchev–Trinajstić information content (AvgIpc) is 2.50. The molecule has 1 aliphatic rings. The second-order valence-electron chi connectivity index (χ2n) is 5.70. The van der Waals surface area contributed by atoms with E-state index >= 15 is 0 Å². The molecule has 2 unspecified atom stereocenters. The minimum atomic E-state index is -4.60. The highest BCUT2D eigenvalue weighted by Gasteiger charge is 2.29. The first-order valence-corrected chi connectivity index (χ1v) is 8.92. The second kappa shape index (κ2) is 8.22. The first-order chi connectivity index (χ1) is 10.7. The quantitative estimate of drug-likeness (QED) is 0.863. The zero-order chi connectivity index (χ0) is 17.2.